The second-order valence-corrected chi connectivity index (χ2v) is 5.41. The fourth-order valence-corrected chi connectivity index (χ4v) is 2.03. The number of amidine groups is 1. The van der Waals surface area contributed by atoms with Gasteiger partial charge in [-0.25, -0.2) is 0 Å². The van der Waals surface area contributed by atoms with E-state index in [1.54, 1.807) is 0 Å². The highest BCUT2D eigenvalue weighted by atomic mass is 79.9. The fraction of sp³-hybridized carbons (Fsp3) is 0.889. The van der Waals surface area contributed by atoms with Crippen LogP contribution in [0.15, 0.2) is 4.99 Å². The van der Waals surface area contributed by atoms with Crippen LogP contribution in [-0.2, 0) is 0 Å². The van der Waals surface area contributed by atoms with Crippen molar-refractivity contribution in [1.82, 2.24) is 5.32 Å². The molecule has 0 saturated heterocycles. The number of quaternary nitrogens is 1. The van der Waals surface area contributed by atoms with Gasteiger partial charge >= 0.3 is 0 Å². The highest BCUT2D eigenvalue weighted by Gasteiger charge is 2.08. The van der Waals surface area contributed by atoms with E-state index in [-0.39, 0.29) is 34.0 Å². The lowest BCUT2D eigenvalue weighted by atomic mass is 10.4. The van der Waals surface area contributed by atoms with Gasteiger partial charge in [-0.05, 0) is 0 Å². The lowest BCUT2D eigenvalue weighted by Crippen LogP contribution is -2.35. The number of rotatable bonds is 4. The molecule has 1 aliphatic heterocycles. The first-order valence-corrected chi connectivity index (χ1v) is 5.78. The number of aliphatic imine (C=N–C) groups is 1. The Morgan fingerprint density at radius 1 is 1.33 bits per heavy atom. The molecule has 0 spiro atoms. The molecule has 0 unspecified atom stereocenters. The molecule has 0 aromatic heterocycles. The first-order chi connectivity index (χ1) is 6.08. The third kappa shape index (κ3) is 9.66. The van der Waals surface area contributed by atoms with Gasteiger partial charge in [0.25, 0.3) is 0 Å². The molecule has 0 atom stereocenters. The average molecular weight is 364 g/mol. The van der Waals surface area contributed by atoms with Gasteiger partial charge in [0.05, 0.1) is 34.2 Å². The minimum atomic E-state index is 0. The van der Waals surface area contributed by atoms with Gasteiger partial charge in [0.2, 0.25) is 0 Å². The molecule has 1 heterocycles. The van der Waals surface area contributed by atoms with E-state index < -0.39 is 0 Å². The van der Waals surface area contributed by atoms with Crippen molar-refractivity contribution in [2.24, 2.45) is 4.99 Å². The molecule has 0 amide bonds. The first kappa shape index (κ1) is 18.1. The Labute approximate surface area is 118 Å². The zero-order valence-electron chi connectivity index (χ0n) is 9.65. The molecule has 0 aliphatic carbocycles. The SMILES string of the molecule is Br.Br.C[N+](C)(C)CCCSC1=NCCN1. The molecule has 6 heteroatoms. The summed E-state index contributed by atoms with van der Waals surface area (Å²) in [4.78, 5) is 4.33. The number of thioether (sulfide) groups is 1. The summed E-state index contributed by atoms with van der Waals surface area (Å²) in [5, 5.41) is 4.40. The van der Waals surface area contributed by atoms with Gasteiger partial charge in [-0.15, -0.1) is 34.0 Å². The van der Waals surface area contributed by atoms with E-state index in [1.807, 2.05) is 11.8 Å². The Kier molecular flexibility index (Phi) is 10.7. The summed E-state index contributed by atoms with van der Waals surface area (Å²) < 4.78 is 1.06. The molecule has 0 fully saturated rings. The Morgan fingerprint density at radius 3 is 2.47 bits per heavy atom. The van der Waals surface area contributed by atoms with Gasteiger partial charge in [0.15, 0.2) is 5.17 Å². The maximum Gasteiger partial charge on any atom is 0.156 e. The van der Waals surface area contributed by atoms with E-state index in [4.69, 9.17) is 0 Å². The van der Waals surface area contributed by atoms with Crippen LogP contribution in [0.1, 0.15) is 6.42 Å². The Morgan fingerprint density at radius 2 is 2.00 bits per heavy atom. The van der Waals surface area contributed by atoms with Crippen LogP contribution >= 0.6 is 45.7 Å². The van der Waals surface area contributed by atoms with Gasteiger partial charge in [-0.3, -0.25) is 4.99 Å². The van der Waals surface area contributed by atoms with Crippen LogP contribution in [-0.4, -0.2) is 56.2 Å². The number of nitrogens with zero attached hydrogens (tertiary/aromatic N) is 2. The van der Waals surface area contributed by atoms with Gasteiger partial charge in [-0.1, -0.05) is 11.8 Å². The van der Waals surface area contributed by atoms with Crippen LogP contribution in [0, 0.1) is 0 Å². The standard InChI is InChI=1S/C9H20N3S.2BrH/c1-12(2,3)7-4-8-13-9-10-5-6-11-9;;/h4-8H2,1-3H3,(H,10,11);2*1H/q+1;;. The number of hydrogen-bond acceptors (Lipinski definition) is 3. The topological polar surface area (TPSA) is 24.4 Å². The minimum Gasteiger partial charge on any atom is -0.363 e. The second kappa shape index (κ2) is 8.84. The van der Waals surface area contributed by atoms with Gasteiger partial charge < -0.3 is 9.80 Å². The Hall–Kier alpha value is 0.740. The lowest BCUT2D eigenvalue weighted by molar-refractivity contribution is -0.870. The third-order valence-electron chi connectivity index (χ3n) is 1.86. The number of halogens is 2. The molecular formula is C9H22Br2N3S+. The van der Waals surface area contributed by atoms with Gasteiger partial charge in [0.1, 0.15) is 0 Å². The largest absolute Gasteiger partial charge is 0.363 e. The zero-order chi connectivity index (χ0) is 9.73. The molecule has 15 heavy (non-hydrogen) atoms. The second-order valence-electron chi connectivity index (χ2n) is 4.33. The monoisotopic (exact) mass is 362 g/mol. The maximum absolute atomic E-state index is 4.33. The summed E-state index contributed by atoms with van der Waals surface area (Å²) in [7, 11) is 6.70. The van der Waals surface area contributed by atoms with E-state index >= 15 is 0 Å². The van der Waals surface area contributed by atoms with Crippen LogP contribution in [0.2, 0.25) is 0 Å². The molecule has 3 nitrogen and oxygen atoms in total. The zero-order valence-corrected chi connectivity index (χ0v) is 13.9. The normalized spacial score (nSPS) is 14.7. The van der Waals surface area contributed by atoms with Crippen LogP contribution in [0.25, 0.3) is 0 Å². The molecular weight excluding hydrogens is 342 g/mol. The maximum atomic E-state index is 4.33. The molecule has 0 bridgehead atoms. The van der Waals surface area contributed by atoms with Crippen molar-refractivity contribution in [2.45, 2.75) is 6.42 Å². The van der Waals surface area contributed by atoms with Crippen LogP contribution in [0.4, 0.5) is 0 Å². The quantitative estimate of drug-likeness (QED) is 0.609. The van der Waals surface area contributed by atoms with E-state index in [1.165, 1.54) is 18.7 Å². The Balaban J connectivity index is 0. The molecule has 0 aromatic rings. The van der Waals surface area contributed by atoms with Gasteiger partial charge in [-0.2, -0.15) is 0 Å². The predicted octanol–water partition coefficient (Wildman–Crippen LogP) is 1.93. The predicted molar refractivity (Wildman–Crippen MR) is 80.9 cm³/mol. The van der Waals surface area contributed by atoms with Crippen molar-refractivity contribution in [3.8, 4) is 0 Å². The van der Waals surface area contributed by atoms with Crippen LogP contribution < -0.4 is 5.32 Å². The van der Waals surface area contributed by atoms with Gasteiger partial charge in [0, 0.05) is 18.7 Å². The number of hydrogen-bond donors (Lipinski definition) is 1. The first-order valence-electron chi connectivity index (χ1n) is 4.79. The van der Waals surface area contributed by atoms with Crippen molar-refractivity contribution in [3.05, 3.63) is 0 Å². The molecule has 92 valence electrons. The molecule has 1 N–H and O–H groups in total. The summed E-state index contributed by atoms with van der Waals surface area (Å²) in [6.07, 6.45) is 1.26. The average Bonchev–Trinajstić information content (AvgIpc) is 2.48. The number of nitrogens with one attached hydrogen (secondary N) is 1. The molecule has 0 radical (unpaired) electrons. The third-order valence-corrected chi connectivity index (χ3v) is 2.90. The highest BCUT2D eigenvalue weighted by molar-refractivity contribution is 8.93. The summed E-state index contributed by atoms with van der Waals surface area (Å²) >= 11 is 1.85. The van der Waals surface area contributed by atoms with E-state index in [0.717, 1.165) is 22.7 Å². The van der Waals surface area contributed by atoms with Crippen molar-refractivity contribution < 1.29 is 4.48 Å². The smallest absolute Gasteiger partial charge is 0.156 e. The fourth-order valence-electron chi connectivity index (χ4n) is 1.18. The molecule has 1 aliphatic rings. The van der Waals surface area contributed by atoms with Crippen molar-refractivity contribution >= 4 is 50.9 Å². The minimum absolute atomic E-state index is 0. The summed E-state index contributed by atoms with van der Waals surface area (Å²) in [6, 6.07) is 0. The van der Waals surface area contributed by atoms with E-state index in [0.29, 0.717) is 0 Å². The van der Waals surface area contributed by atoms with Crippen molar-refractivity contribution in [2.75, 3.05) is 46.5 Å². The summed E-state index contributed by atoms with van der Waals surface area (Å²) in [5.74, 6) is 1.18. The van der Waals surface area contributed by atoms with E-state index in [9.17, 15) is 0 Å². The van der Waals surface area contributed by atoms with E-state index in [2.05, 4.69) is 31.5 Å². The van der Waals surface area contributed by atoms with Crippen molar-refractivity contribution in [1.29, 1.82) is 0 Å². The summed E-state index contributed by atoms with van der Waals surface area (Å²) in [6.45, 7) is 3.22. The molecule has 0 aromatic carbocycles. The van der Waals surface area contributed by atoms with Crippen LogP contribution in [0.3, 0.4) is 0 Å². The summed E-state index contributed by atoms with van der Waals surface area (Å²) in [5.41, 5.74) is 0. The Bertz CT molecular complexity index is 192. The van der Waals surface area contributed by atoms with Crippen molar-refractivity contribution in [3.63, 3.8) is 0 Å². The highest BCUT2D eigenvalue weighted by Crippen LogP contribution is 2.07. The lowest BCUT2D eigenvalue weighted by Gasteiger charge is -2.23. The molecule has 0 saturated carbocycles. The molecule has 1 rings (SSSR count). The van der Waals surface area contributed by atoms with Crippen LogP contribution in [0.5, 0.6) is 0 Å².